The number of carbonyl (C=O) groups is 1. The van der Waals surface area contributed by atoms with E-state index in [1.807, 2.05) is 0 Å². The molecule has 0 aliphatic carbocycles. The quantitative estimate of drug-likeness (QED) is 0.775. The number of hydrogen-bond acceptors (Lipinski definition) is 4. The zero-order valence-corrected chi connectivity index (χ0v) is 11.6. The third-order valence-corrected chi connectivity index (χ3v) is 3.86. The second kappa shape index (κ2) is 5.74. The number of H-pyrrole nitrogens is 1. The summed E-state index contributed by atoms with van der Waals surface area (Å²) in [6, 6.07) is 6.40. The Balaban J connectivity index is 2.04. The van der Waals surface area contributed by atoms with Crippen LogP contribution < -0.4 is 10.0 Å². The maximum absolute atomic E-state index is 11.8. The number of aromatic amines is 1. The first-order chi connectivity index (χ1) is 9.50. The van der Waals surface area contributed by atoms with Gasteiger partial charge in [0.25, 0.3) is 5.91 Å². The molecule has 2 aromatic rings. The predicted molar refractivity (Wildman–Crippen MR) is 76.1 cm³/mol. The van der Waals surface area contributed by atoms with E-state index in [9.17, 15) is 13.2 Å². The van der Waals surface area contributed by atoms with Crippen molar-refractivity contribution in [3.8, 4) is 0 Å². The van der Waals surface area contributed by atoms with E-state index in [1.165, 1.54) is 12.4 Å². The molecule has 0 bridgehead atoms. The van der Waals surface area contributed by atoms with Crippen LogP contribution in [0.2, 0.25) is 0 Å². The van der Waals surface area contributed by atoms with E-state index >= 15 is 0 Å². The van der Waals surface area contributed by atoms with Gasteiger partial charge in [-0.15, -0.1) is 0 Å². The molecule has 0 saturated carbocycles. The third kappa shape index (κ3) is 3.58. The predicted octanol–water partition coefficient (Wildman–Crippen LogP) is 1.42. The van der Waals surface area contributed by atoms with Crippen LogP contribution in [0.15, 0.2) is 36.7 Å². The van der Waals surface area contributed by atoms with Gasteiger partial charge in [-0.05, 0) is 31.2 Å². The fraction of sp³-hybridized carbons (Fsp3) is 0.167. The summed E-state index contributed by atoms with van der Waals surface area (Å²) in [5, 5.41) is 8.91. The second-order valence-electron chi connectivity index (χ2n) is 4.02. The Kier molecular flexibility index (Phi) is 4.04. The van der Waals surface area contributed by atoms with Crippen molar-refractivity contribution in [3.63, 3.8) is 0 Å². The number of benzene rings is 1. The van der Waals surface area contributed by atoms with E-state index in [-0.39, 0.29) is 11.7 Å². The van der Waals surface area contributed by atoms with Crippen LogP contribution in [0, 0.1) is 0 Å². The van der Waals surface area contributed by atoms with Gasteiger partial charge in [-0.1, -0.05) is 0 Å². The van der Waals surface area contributed by atoms with Crippen molar-refractivity contribution in [2.24, 2.45) is 0 Å². The summed E-state index contributed by atoms with van der Waals surface area (Å²) in [5.74, 6) is -0.285. The summed E-state index contributed by atoms with van der Waals surface area (Å²) < 4.78 is 25.2. The van der Waals surface area contributed by atoms with Gasteiger partial charge in [0.05, 0.1) is 17.5 Å². The molecule has 2 rings (SSSR count). The van der Waals surface area contributed by atoms with Crippen molar-refractivity contribution in [1.29, 1.82) is 0 Å². The number of nitrogens with zero attached hydrogens (tertiary/aromatic N) is 1. The van der Waals surface area contributed by atoms with Crippen LogP contribution in [0.4, 0.5) is 11.4 Å². The highest BCUT2D eigenvalue weighted by atomic mass is 32.2. The molecule has 0 spiro atoms. The summed E-state index contributed by atoms with van der Waals surface area (Å²) in [5.41, 5.74) is 1.43. The zero-order chi connectivity index (χ0) is 14.6. The molecule has 0 aliphatic rings. The first-order valence-electron chi connectivity index (χ1n) is 5.91. The molecular formula is C12H14N4O3S. The lowest BCUT2D eigenvalue weighted by molar-refractivity contribution is 0.102. The monoisotopic (exact) mass is 294 g/mol. The summed E-state index contributed by atoms with van der Waals surface area (Å²) in [4.78, 5) is 11.8. The topological polar surface area (TPSA) is 104 Å². The van der Waals surface area contributed by atoms with Crippen molar-refractivity contribution in [1.82, 2.24) is 10.2 Å². The van der Waals surface area contributed by atoms with Crippen LogP contribution in [0.3, 0.4) is 0 Å². The number of amides is 1. The van der Waals surface area contributed by atoms with Gasteiger partial charge in [-0.3, -0.25) is 14.6 Å². The molecule has 0 atom stereocenters. The summed E-state index contributed by atoms with van der Waals surface area (Å²) in [7, 11) is -3.29. The molecule has 0 saturated heterocycles. The number of nitrogens with one attached hydrogen (secondary N) is 3. The van der Waals surface area contributed by atoms with Gasteiger partial charge in [0, 0.05) is 17.6 Å². The molecule has 1 aromatic heterocycles. The van der Waals surface area contributed by atoms with Crippen LogP contribution in [-0.2, 0) is 10.0 Å². The first-order valence-corrected chi connectivity index (χ1v) is 7.56. The number of anilines is 2. The number of aromatic nitrogens is 2. The van der Waals surface area contributed by atoms with Crippen molar-refractivity contribution in [2.45, 2.75) is 6.92 Å². The van der Waals surface area contributed by atoms with Crippen LogP contribution in [-0.4, -0.2) is 30.3 Å². The molecule has 3 N–H and O–H groups in total. The van der Waals surface area contributed by atoms with Gasteiger partial charge in [-0.25, -0.2) is 8.42 Å². The molecular weight excluding hydrogens is 280 g/mol. The minimum atomic E-state index is -3.29. The Bertz CT molecular complexity index is 678. The Morgan fingerprint density at radius 3 is 2.45 bits per heavy atom. The van der Waals surface area contributed by atoms with E-state index in [1.54, 1.807) is 31.2 Å². The lowest BCUT2D eigenvalue weighted by Crippen LogP contribution is -2.14. The van der Waals surface area contributed by atoms with Crippen LogP contribution in [0.25, 0.3) is 0 Å². The standard InChI is InChI=1S/C12H14N4O3S/c1-2-20(18,19)16-11-5-3-10(4-6-11)15-12(17)9-7-13-14-8-9/h3-8,16H,2H2,1H3,(H,13,14)(H,15,17). The molecule has 7 nitrogen and oxygen atoms in total. The Labute approximate surface area is 116 Å². The van der Waals surface area contributed by atoms with Gasteiger partial charge in [-0.2, -0.15) is 5.10 Å². The van der Waals surface area contributed by atoms with Gasteiger partial charge in [0.15, 0.2) is 0 Å². The molecule has 0 fully saturated rings. The molecule has 20 heavy (non-hydrogen) atoms. The average Bonchev–Trinajstić information content (AvgIpc) is 2.95. The summed E-state index contributed by atoms with van der Waals surface area (Å²) >= 11 is 0. The zero-order valence-electron chi connectivity index (χ0n) is 10.8. The third-order valence-electron chi connectivity index (χ3n) is 2.56. The number of hydrogen-bond donors (Lipinski definition) is 3. The van der Waals surface area contributed by atoms with Gasteiger partial charge in [0.2, 0.25) is 10.0 Å². The fourth-order valence-corrected chi connectivity index (χ4v) is 2.09. The normalized spacial score (nSPS) is 11.1. The lowest BCUT2D eigenvalue weighted by Gasteiger charge is -2.07. The largest absolute Gasteiger partial charge is 0.322 e. The minimum absolute atomic E-state index is 0.00593. The molecule has 1 amide bonds. The number of sulfonamides is 1. The van der Waals surface area contributed by atoms with Crippen molar-refractivity contribution < 1.29 is 13.2 Å². The fourth-order valence-electron chi connectivity index (χ4n) is 1.45. The van der Waals surface area contributed by atoms with E-state index < -0.39 is 10.0 Å². The minimum Gasteiger partial charge on any atom is -0.322 e. The molecule has 0 aliphatic heterocycles. The van der Waals surface area contributed by atoms with Crippen molar-refractivity contribution in [2.75, 3.05) is 15.8 Å². The lowest BCUT2D eigenvalue weighted by atomic mass is 10.2. The first kappa shape index (κ1) is 14.1. The Hall–Kier alpha value is -2.35. The van der Waals surface area contributed by atoms with E-state index in [0.29, 0.717) is 16.9 Å². The molecule has 8 heteroatoms. The van der Waals surface area contributed by atoms with E-state index in [4.69, 9.17) is 0 Å². The summed E-state index contributed by atoms with van der Waals surface area (Å²) in [6.45, 7) is 1.56. The molecule has 1 heterocycles. The van der Waals surface area contributed by atoms with E-state index in [0.717, 1.165) is 0 Å². The highest BCUT2D eigenvalue weighted by molar-refractivity contribution is 7.92. The Morgan fingerprint density at radius 2 is 1.90 bits per heavy atom. The van der Waals surface area contributed by atoms with Gasteiger partial charge < -0.3 is 5.32 Å². The maximum atomic E-state index is 11.8. The molecule has 0 unspecified atom stereocenters. The molecule has 1 aromatic carbocycles. The smallest absolute Gasteiger partial charge is 0.258 e. The van der Waals surface area contributed by atoms with Crippen LogP contribution >= 0.6 is 0 Å². The summed E-state index contributed by atoms with van der Waals surface area (Å²) in [6.07, 6.45) is 2.90. The molecule has 0 radical (unpaired) electrons. The van der Waals surface area contributed by atoms with Crippen molar-refractivity contribution in [3.05, 3.63) is 42.2 Å². The number of carbonyl (C=O) groups excluding carboxylic acids is 1. The van der Waals surface area contributed by atoms with Crippen LogP contribution in [0.1, 0.15) is 17.3 Å². The van der Waals surface area contributed by atoms with Crippen molar-refractivity contribution >= 4 is 27.3 Å². The highest BCUT2D eigenvalue weighted by Crippen LogP contribution is 2.15. The number of rotatable bonds is 5. The Morgan fingerprint density at radius 1 is 1.25 bits per heavy atom. The van der Waals surface area contributed by atoms with Crippen LogP contribution in [0.5, 0.6) is 0 Å². The average molecular weight is 294 g/mol. The van der Waals surface area contributed by atoms with E-state index in [2.05, 4.69) is 20.2 Å². The highest BCUT2D eigenvalue weighted by Gasteiger charge is 2.08. The SMILES string of the molecule is CCS(=O)(=O)Nc1ccc(NC(=O)c2cn[nH]c2)cc1. The van der Waals surface area contributed by atoms with Gasteiger partial charge >= 0.3 is 0 Å². The second-order valence-corrected chi connectivity index (χ2v) is 6.03. The molecule has 106 valence electrons. The van der Waals surface area contributed by atoms with Gasteiger partial charge in [0.1, 0.15) is 0 Å². The maximum Gasteiger partial charge on any atom is 0.258 e.